The zero-order chi connectivity index (χ0) is 11.0. The summed E-state index contributed by atoms with van der Waals surface area (Å²) in [4.78, 5) is 0. The molecule has 2 aromatic rings. The first-order valence-electron chi connectivity index (χ1n) is 5.50. The maximum Gasteiger partial charge on any atom is 0.185 e. The molecule has 2 aromatic heterocycles. The van der Waals surface area contributed by atoms with E-state index in [-0.39, 0.29) is 0 Å². The molecule has 0 amide bonds. The highest BCUT2D eigenvalue weighted by Crippen LogP contribution is 2.21. The van der Waals surface area contributed by atoms with Crippen molar-refractivity contribution in [2.75, 3.05) is 0 Å². The predicted molar refractivity (Wildman–Crippen MR) is 58.6 cm³/mol. The van der Waals surface area contributed by atoms with Crippen molar-refractivity contribution >= 4 is 0 Å². The second-order valence-electron chi connectivity index (χ2n) is 4.18. The van der Waals surface area contributed by atoms with Crippen LogP contribution in [0.4, 0.5) is 0 Å². The third-order valence-corrected chi connectivity index (χ3v) is 2.78. The third kappa shape index (κ3) is 1.86. The van der Waals surface area contributed by atoms with E-state index >= 15 is 0 Å². The second-order valence-corrected chi connectivity index (χ2v) is 4.18. The number of hydrogen-bond acceptors (Lipinski definition) is 4. The van der Waals surface area contributed by atoms with Gasteiger partial charge in [0.2, 0.25) is 0 Å². The van der Waals surface area contributed by atoms with Crippen molar-refractivity contribution in [2.24, 2.45) is 7.05 Å². The summed E-state index contributed by atoms with van der Waals surface area (Å²) in [5.74, 6) is 0.771. The van der Waals surface area contributed by atoms with Gasteiger partial charge in [-0.15, -0.1) is 0 Å². The highest BCUT2D eigenvalue weighted by atomic mass is 16.5. The molecule has 0 bridgehead atoms. The van der Waals surface area contributed by atoms with Gasteiger partial charge in [0.15, 0.2) is 5.76 Å². The first-order chi connectivity index (χ1) is 7.83. The van der Waals surface area contributed by atoms with Crippen molar-refractivity contribution in [3.63, 3.8) is 0 Å². The van der Waals surface area contributed by atoms with E-state index in [4.69, 9.17) is 4.52 Å². The Hall–Kier alpha value is -1.62. The van der Waals surface area contributed by atoms with Crippen LogP contribution in [0.3, 0.4) is 0 Å². The van der Waals surface area contributed by atoms with Crippen LogP contribution in [0, 0.1) is 0 Å². The van der Waals surface area contributed by atoms with Gasteiger partial charge in [0, 0.05) is 31.9 Å². The van der Waals surface area contributed by atoms with Gasteiger partial charge in [-0.25, -0.2) is 0 Å². The minimum Gasteiger partial charge on any atom is -0.354 e. The summed E-state index contributed by atoms with van der Waals surface area (Å²) in [7, 11) is 1.89. The molecule has 5 heteroatoms. The molecule has 1 aliphatic carbocycles. The normalized spacial score (nSPS) is 15.6. The van der Waals surface area contributed by atoms with Gasteiger partial charge in [-0.3, -0.25) is 4.68 Å². The number of aromatic nitrogens is 3. The van der Waals surface area contributed by atoms with Crippen LogP contribution in [-0.4, -0.2) is 21.0 Å². The Morgan fingerprint density at radius 3 is 3.12 bits per heavy atom. The lowest BCUT2D eigenvalue weighted by atomic mass is 10.3. The van der Waals surface area contributed by atoms with Crippen LogP contribution in [0.5, 0.6) is 0 Å². The van der Waals surface area contributed by atoms with Crippen LogP contribution < -0.4 is 5.32 Å². The standard InChI is InChI=1S/C11H14N4O/c1-15-10(4-5-13-15)11-6-9(14-16-11)7-12-8-2-3-8/h4-6,8,12H,2-3,7H2,1H3. The van der Waals surface area contributed by atoms with Crippen molar-refractivity contribution in [1.29, 1.82) is 0 Å². The molecule has 1 aliphatic rings. The van der Waals surface area contributed by atoms with Crippen LogP contribution >= 0.6 is 0 Å². The minimum absolute atomic E-state index is 0.692. The topological polar surface area (TPSA) is 55.9 Å². The average molecular weight is 218 g/mol. The Bertz CT molecular complexity index is 484. The molecular formula is C11H14N4O. The SMILES string of the molecule is Cn1nccc1-c1cc(CNC2CC2)no1. The summed E-state index contributed by atoms with van der Waals surface area (Å²) in [5, 5.41) is 11.5. The van der Waals surface area contributed by atoms with E-state index in [2.05, 4.69) is 15.6 Å². The van der Waals surface area contributed by atoms with Crippen molar-refractivity contribution in [2.45, 2.75) is 25.4 Å². The van der Waals surface area contributed by atoms with Crippen LogP contribution in [-0.2, 0) is 13.6 Å². The first kappa shape index (κ1) is 9.59. The Labute approximate surface area is 93.4 Å². The van der Waals surface area contributed by atoms with E-state index in [0.717, 1.165) is 23.7 Å². The molecule has 5 nitrogen and oxygen atoms in total. The highest BCUT2D eigenvalue weighted by Gasteiger charge is 2.20. The van der Waals surface area contributed by atoms with Crippen molar-refractivity contribution in [3.8, 4) is 11.5 Å². The average Bonchev–Trinajstić information content (AvgIpc) is 2.82. The number of nitrogens with zero attached hydrogens (tertiary/aromatic N) is 3. The fourth-order valence-corrected chi connectivity index (χ4v) is 1.67. The van der Waals surface area contributed by atoms with E-state index < -0.39 is 0 Å². The van der Waals surface area contributed by atoms with Gasteiger partial charge in [-0.2, -0.15) is 5.10 Å². The lowest BCUT2D eigenvalue weighted by Crippen LogP contribution is -2.15. The van der Waals surface area contributed by atoms with Gasteiger partial charge >= 0.3 is 0 Å². The molecule has 0 saturated heterocycles. The third-order valence-electron chi connectivity index (χ3n) is 2.78. The van der Waals surface area contributed by atoms with E-state index in [1.807, 2.05) is 19.2 Å². The fraction of sp³-hybridized carbons (Fsp3) is 0.455. The van der Waals surface area contributed by atoms with Crippen LogP contribution in [0.2, 0.25) is 0 Å². The lowest BCUT2D eigenvalue weighted by molar-refractivity contribution is 0.417. The molecule has 1 fully saturated rings. The zero-order valence-electron chi connectivity index (χ0n) is 9.18. The highest BCUT2D eigenvalue weighted by molar-refractivity contribution is 5.51. The van der Waals surface area contributed by atoms with Gasteiger partial charge in [0.1, 0.15) is 5.69 Å². The summed E-state index contributed by atoms with van der Waals surface area (Å²) < 4.78 is 7.07. The maximum atomic E-state index is 5.29. The molecule has 0 spiro atoms. The molecule has 0 aliphatic heterocycles. The quantitative estimate of drug-likeness (QED) is 0.841. The van der Waals surface area contributed by atoms with E-state index in [1.165, 1.54) is 12.8 Å². The molecule has 84 valence electrons. The molecule has 0 radical (unpaired) electrons. The molecule has 0 unspecified atom stereocenters. The van der Waals surface area contributed by atoms with Crippen LogP contribution in [0.1, 0.15) is 18.5 Å². The summed E-state index contributed by atoms with van der Waals surface area (Å²) >= 11 is 0. The summed E-state index contributed by atoms with van der Waals surface area (Å²) in [6, 6.07) is 4.57. The van der Waals surface area contributed by atoms with Gasteiger partial charge in [0.25, 0.3) is 0 Å². The molecule has 0 aromatic carbocycles. The fourth-order valence-electron chi connectivity index (χ4n) is 1.67. The van der Waals surface area contributed by atoms with Crippen molar-refractivity contribution in [1.82, 2.24) is 20.3 Å². The van der Waals surface area contributed by atoms with Crippen molar-refractivity contribution in [3.05, 3.63) is 24.0 Å². The predicted octanol–water partition coefficient (Wildman–Crippen LogP) is 1.33. The molecule has 2 heterocycles. The number of hydrogen-bond donors (Lipinski definition) is 1. The summed E-state index contributed by atoms with van der Waals surface area (Å²) in [6.07, 6.45) is 4.32. The van der Waals surface area contributed by atoms with Gasteiger partial charge < -0.3 is 9.84 Å². The molecule has 16 heavy (non-hydrogen) atoms. The van der Waals surface area contributed by atoms with Crippen molar-refractivity contribution < 1.29 is 4.52 Å². The number of rotatable bonds is 4. The first-order valence-corrected chi connectivity index (χ1v) is 5.50. The second kappa shape index (κ2) is 3.75. The Kier molecular flexibility index (Phi) is 2.25. The van der Waals surface area contributed by atoms with Gasteiger partial charge in [0.05, 0.1) is 5.69 Å². The van der Waals surface area contributed by atoms with Gasteiger partial charge in [-0.05, 0) is 18.9 Å². The van der Waals surface area contributed by atoms with E-state index in [0.29, 0.717) is 6.04 Å². The monoisotopic (exact) mass is 218 g/mol. The Balaban J connectivity index is 1.74. The maximum absolute atomic E-state index is 5.29. The summed E-state index contributed by atoms with van der Waals surface area (Å²) in [6.45, 7) is 0.784. The molecule has 1 N–H and O–H groups in total. The minimum atomic E-state index is 0.692. The zero-order valence-corrected chi connectivity index (χ0v) is 9.18. The lowest BCUT2D eigenvalue weighted by Gasteiger charge is -1.96. The smallest absolute Gasteiger partial charge is 0.185 e. The summed E-state index contributed by atoms with van der Waals surface area (Å²) in [5.41, 5.74) is 1.90. The van der Waals surface area contributed by atoms with E-state index in [9.17, 15) is 0 Å². The number of aryl methyl sites for hydroxylation is 1. The number of nitrogens with one attached hydrogen (secondary N) is 1. The van der Waals surface area contributed by atoms with E-state index in [1.54, 1.807) is 10.9 Å². The molecule has 3 rings (SSSR count). The van der Waals surface area contributed by atoms with Crippen LogP contribution in [0.25, 0.3) is 11.5 Å². The molecule has 0 atom stereocenters. The molecule has 1 saturated carbocycles. The van der Waals surface area contributed by atoms with Gasteiger partial charge in [-0.1, -0.05) is 5.16 Å². The van der Waals surface area contributed by atoms with Crippen LogP contribution in [0.15, 0.2) is 22.9 Å². The Morgan fingerprint density at radius 2 is 2.44 bits per heavy atom. The Morgan fingerprint density at radius 1 is 1.56 bits per heavy atom. The molecular weight excluding hydrogens is 204 g/mol. The largest absolute Gasteiger partial charge is 0.354 e.